The van der Waals surface area contributed by atoms with Crippen LogP contribution in [0.1, 0.15) is 12.8 Å². The van der Waals surface area contributed by atoms with Crippen molar-refractivity contribution in [2.24, 2.45) is 11.7 Å². The standard InChI is InChI=1S/C21H25N5O2/c22-7-1-2-20(27)25-13-18(14-25)26(12-15-3-4-15)19-10-17(11-24-21(19)28)16-5-8-23-9-6-16/h1-2,5-6,8-11,15,18H,3-4,7,12-14,22H2,(H,24,28). The molecular weight excluding hydrogens is 354 g/mol. The number of hydrogen-bond donors (Lipinski definition) is 2. The van der Waals surface area contributed by atoms with Gasteiger partial charge in [-0.05, 0) is 42.5 Å². The van der Waals surface area contributed by atoms with E-state index in [4.69, 9.17) is 5.73 Å². The second-order valence-corrected chi connectivity index (χ2v) is 7.47. The molecule has 4 rings (SSSR count). The lowest BCUT2D eigenvalue weighted by molar-refractivity contribution is -0.130. The third kappa shape index (κ3) is 3.99. The molecule has 0 unspecified atom stereocenters. The van der Waals surface area contributed by atoms with Crippen molar-refractivity contribution in [1.29, 1.82) is 0 Å². The topological polar surface area (TPSA) is 95.3 Å². The fourth-order valence-electron chi connectivity index (χ4n) is 3.53. The number of nitrogens with zero attached hydrogens (tertiary/aromatic N) is 3. The molecular formula is C21H25N5O2. The Morgan fingerprint density at radius 1 is 1.29 bits per heavy atom. The van der Waals surface area contributed by atoms with Gasteiger partial charge < -0.3 is 20.5 Å². The molecule has 0 bridgehead atoms. The van der Waals surface area contributed by atoms with Crippen LogP contribution in [0.3, 0.4) is 0 Å². The maximum absolute atomic E-state index is 12.6. The van der Waals surface area contributed by atoms with Crippen LogP contribution in [0.15, 0.2) is 53.7 Å². The summed E-state index contributed by atoms with van der Waals surface area (Å²) in [6.07, 6.45) is 10.8. The molecule has 2 aromatic rings. The van der Waals surface area contributed by atoms with Gasteiger partial charge in [0.25, 0.3) is 5.56 Å². The average Bonchev–Trinajstić information content (AvgIpc) is 3.50. The first-order valence-electron chi connectivity index (χ1n) is 9.71. The van der Waals surface area contributed by atoms with Crippen molar-refractivity contribution in [3.63, 3.8) is 0 Å². The average molecular weight is 379 g/mol. The lowest BCUT2D eigenvalue weighted by Gasteiger charge is -2.46. The number of nitrogens with one attached hydrogen (secondary N) is 1. The molecule has 1 saturated heterocycles. The monoisotopic (exact) mass is 379 g/mol. The Morgan fingerprint density at radius 2 is 2.04 bits per heavy atom. The van der Waals surface area contributed by atoms with Gasteiger partial charge >= 0.3 is 0 Å². The summed E-state index contributed by atoms with van der Waals surface area (Å²) in [5, 5.41) is 0. The number of amides is 1. The van der Waals surface area contributed by atoms with Gasteiger partial charge in [0, 0.05) is 56.4 Å². The van der Waals surface area contributed by atoms with Crippen LogP contribution in [-0.2, 0) is 4.79 Å². The minimum absolute atomic E-state index is 0.0208. The second kappa shape index (κ2) is 7.98. The summed E-state index contributed by atoms with van der Waals surface area (Å²) < 4.78 is 0. The highest BCUT2D eigenvalue weighted by Crippen LogP contribution is 2.33. The van der Waals surface area contributed by atoms with Gasteiger partial charge in [0.05, 0.1) is 6.04 Å². The Bertz CT molecular complexity index is 914. The SMILES string of the molecule is NCC=CC(=O)N1CC(N(CC2CC2)c2cc(-c3ccncc3)c[nH]c2=O)C1. The fourth-order valence-corrected chi connectivity index (χ4v) is 3.53. The molecule has 7 heteroatoms. The summed E-state index contributed by atoms with van der Waals surface area (Å²) >= 11 is 0. The van der Waals surface area contributed by atoms with Gasteiger partial charge in [-0.25, -0.2) is 0 Å². The molecule has 7 nitrogen and oxygen atoms in total. The molecule has 3 N–H and O–H groups in total. The van der Waals surface area contributed by atoms with E-state index in [-0.39, 0.29) is 17.5 Å². The summed E-state index contributed by atoms with van der Waals surface area (Å²) in [6, 6.07) is 5.96. The summed E-state index contributed by atoms with van der Waals surface area (Å²) in [5.74, 6) is 0.610. The van der Waals surface area contributed by atoms with Gasteiger partial charge in [-0.15, -0.1) is 0 Å². The van der Waals surface area contributed by atoms with Crippen LogP contribution in [0, 0.1) is 5.92 Å². The van der Waals surface area contributed by atoms with Crippen LogP contribution in [0.5, 0.6) is 0 Å². The van der Waals surface area contributed by atoms with Gasteiger partial charge in [-0.3, -0.25) is 14.6 Å². The Morgan fingerprint density at radius 3 is 2.71 bits per heavy atom. The van der Waals surface area contributed by atoms with E-state index < -0.39 is 0 Å². The zero-order valence-corrected chi connectivity index (χ0v) is 15.8. The van der Waals surface area contributed by atoms with E-state index >= 15 is 0 Å². The van der Waals surface area contributed by atoms with E-state index in [9.17, 15) is 9.59 Å². The summed E-state index contributed by atoms with van der Waals surface area (Å²) in [5.41, 5.74) is 7.97. The molecule has 1 aliphatic heterocycles. The van der Waals surface area contributed by atoms with Gasteiger partial charge in [0.2, 0.25) is 5.91 Å². The third-order valence-corrected chi connectivity index (χ3v) is 5.37. The van der Waals surface area contributed by atoms with Crippen LogP contribution in [0.4, 0.5) is 5.69 Å². The van der Waals surface area contributed by atoms with Crippen LogP contribution < -0.4 is 16.2 Å². The quantitative estimate of drug-likeness (QED) is 0.709. The number of rotatable bonds is 7. The summed E-state index contributed by atoms with van der Waals surface area (Å²) in [7, 11) is 0. The summed E-state index contributed by atoms with van der Waals surface area (Å²) in [4.78, 5) is 35.7. The van der Waals surface area contributed by atoms with Gasteiger partial charge in [0.1, 0.15) is 5.69 Å². The number of H-pyrrole nitrogens is 1. The smallest absolute Gasteiger partial charge is 0.271 e. The molecule has 2 aliphatic rings. The first-order valence-corrected chi connectivity index (χ1v) is 9.71. The zero-order chi connectivity index (χ0) is 19.5. The first-order chi connectivity index (χ1) is 13.7. The molecule has 1 amide bonds. The molecule has 0 aromatic carbocycles. The van der Waals surface area contributed by atoms with Gasteiger partial charge in [-0.2, -0.15) is 0 Å². The van der Waals surface area contributed by atoms with E-state index in [2.05, 4.69) is 14.9 Å². The molecule has 3 heterocycles. The number of hydrogen-bond acceptors (Lipinski definition) is 5. The summed E-state index contributed by atoms with van der Waals surface area (Å²) in [6.45, 7) is 2.46. The van der Waals surface area contributed by atoms with E-state index in [0.29, 0.717) is 31.2 Å². The number of anilines is 1. The Hall–Kier alpha value is -2.93. The molecule has 28 heavy (non-hydrogen) atoms. The van der Waals surface area contributed by atoms with Crippen LogP contribution in [0.2, 0.25) is 0 Å². The molecule has 1 saturated carbocycles. The van der Waals surface area contributed by atoms with Crippen LogP contribution >= 0.6 is 0 Å². The largest absolute Gasteiger partial charge is 0.360 e. The number of nitrogens with two attached hydrogens (primary N) is 1. The van der Waals surface area contributed by atoms with Crippen molar-refractivity contribution in [3.8, 4) is 11.1 Å². The van der Waals surface area contributed by atoms with E-state index in [1.54, 1.807) is 29.6 Å². The van der Waals surface area contributed by atoms with E-state index in [0.717, 1.165) is 17.7 Å². The minimum atomic E-state index is -0.0914. The number of likely N-dealkylation sites (tertiary alicyclic amines) is 1. The number of aromatic amines is 1. The highest BCUT2D eigenvalue weighted by molar-refractivity contribution is 5.88. The lowest BCUT2D eigenvalue weighted by Crippen LogP contribution is -2.62. The number of carbonyl (C=O) groups is 1. The molecule has 0 spiro atoms. The van der Waals surface area contributed by atoms with Crippen molar-refractivity contribution < 1.29 is 4.79 Å². The number of aromatic nitrogens is 2. The van der Waals surface area contributed by atoms with Gasteiger partial charge in [-0.1, -0.05) is 6.08 Å². The molecule has 1 aliphatic carbocycles. The maximum Gasteiger partial charge on any atom is 0.271 e. The predicted octanol–water partition coefficient (Wildman–Crippen LogP) is 1.38. The van der Waals surface area contributed by atoms with Crippen molar-refractivity contribution in [2.75, 3.05) is 31.1 Å². The minimum Gasteiger partial charge on any atom is -0.360 e. The normalized spacial score (nSPS) is 17.0. The fraction of sp³-hybridized carbons (Fsp3) is 0.381. The van der Waals surface area contributed by atoms with Crippen molar-refractivity contribution in [2.45, 2.75) is 18.9 Å². The number of pyridine rings is 2. The number of carbonyl (C=O) groups excluding carboxylic acids is 1. The Balaban J connectivity index is 1.56. The molecule has 146 valence electrons. The third-order valence-electron chi connectivity index (χ3n) is 5.37. The van der Waals surface area contributed by atoms with Crippen LogP contribution in [0.25, 0.3) is 11.1 Å². The molecule has 2 fully saturated rings. The zero-order valence-electron chi connectivity index (χ0n) is 15.8. The van der Waals surface area contributed by atoms with Crippen molar-refractivity contribution in [1.82, 2.24) is 14.9 Å². The van der Waals surface area contributed by atoms with Crippen molar-refractivity contribution >= 4 is 11.6 Å². The molecule has 0 radical (unpaired) electrons. The lowest BCUT2D eigenvalue weighted by atomic mass is 10.0. The Labute approximate surface area is 163 Å². The predicted molar refractivity (Wildman–Crippen MR) is 109 cm³/mol. The van der Waals surface area contributed by atoms with Gasteiger partial charge in [0.15, 0.2) is 0 Å². The van der Waals surface area contributed by atoms with Crippen LogP contribution in [-0.4, -0.2) is 53.0 Å². The second-order valence-electron chi connectivity index (χ2n) is 7.47. The highest BCUT2D eigenvalue weighted by atomic mass is 16.2. The van der Waals surface area contributed by atoms with E-state index in [1.165, 1.54) is 18.9 Å². The van der Waals surface area contributed by atoms with E-state index in [1.807, 2.05) is 18.2 Å². The Kier molecular flexibility index (Phi) is 5.25. The molecule has 0 atom stereocenters. The van der Waals surface area contributed by atoms with Crippen molar-refractivity contribution in [3.05, 3.63) is 59.3 Å². The maximum atomic E-state index is 12.6. The highest BCUT2D eigenvalue weighted by Gasteiger charge is 2.37. The molecule has 2 aromatic heterocycles. The first kappa shape index (κ1) is 18.4.